The normalized spacial score (nSPS) is 26.2. The molecule has 6 unspecified atom stereocenters. The predicted molar refractivity (Wildman–Crippen MR) is 205 cm³/mol. The summed E-state index contributed by atoms with van der Waals surface area (Å²) in [6, 6.07) is 26.6. The van der Waals surface area contributed by atoms with Crippen molar-refractivity contribution in [3.8, 4) is 11.5 Å². The first-order chi connectivity index (χ1) is 25.5. The number of ketones is 1. The van der Waals surface area contributed by atoms with E-state index in [-0.39, 0.29) is 41.9 Å². The number of hydrogen-bond acceptors (Lipinski definition) is 8. The zero-order valence-electron chi connectivity index (χ0n) is 29.2. The summed E-state index contributed by atoms with van der Waals surface area (Å²) in [5.41, 5.74) is 6.17. The Morgan fingerprint density at radius 3 is 2.26 bits per heavy atom. The minimum Gasteiger partial charge on any atom is -0.504 e. The van der Waals surface area contributed by atoms with E-state index < -0.39 is 46.8 Å². The number of aromatic hydroxyl groups is 1. The summed E-state index contributed by atoms with van der Waals surface area (Å²) in [5.74, 6) is -5.26. The number of hydrazine groups is 1. The predicted octanol–water partition coefficient (Wildman–Crippen LogP) is 6.71. The molecule has 268 valence electrons. The van der Waals surface area contributed by atoms with Gasteiger partial charge in [-0.3, -0.25) is 34.3 Å². The van der Waals surface area contributed by atoms with Crippen molar-refractivity contribution >= 4 is 63.4 Å². The molecule has 11 heteroatoms. The number of phenols is 1. The zero-order chi connectivity index (χ0) is 37.3. The van der Waals surface area contributed by atoms with Crippen LogP contribution in [0, 0.1) is 34.2 Å². The van der Waals surface area contributed by atoms with Crippen LogP contribution < -0.4 is 15.1 Å². The molecule has 2 N–H and O–H groups in total. The summed E-state index contributed by atoms with van der Waals surface area (Å²) in [4.78, 5) is 72.1. The third-order valence-electron chi connectivity index (χ3n) is 11.5. The monoisotopic (exact) mass is 821 g/mol. The van der Waals surface area contributed by atoms with Gasteiger partial charge in [0.1, 0.15) is 0 Å². The molecule has 4 aromatic carbocycles. The van der Waals surface area contributed by atoms with Crippen LogP contribution in [0.5, 0.6) is 11.5 Å². The summed E-state index contributed by atoms with van der Waals surface area (Å²) in [6.07, 6.45) is 2.40. The molecule has 0 spiro atoms. The number of carbonyl (C=O) groups excluding carboxylic acids is 5. The number of anilines is 2. The van der Waals surface area contributed by atoms with Crippen molar-refractivity contribution < 1.29 is 33.8 Å². The van der Waals surface area contributed by atoms with Gasteiger partial charge in [-0.05, 0) is 115 Å². The van der Waals surface area contributed by atoms with Crippen LogP contribution in [0.1, 0.15) is 52.7 Å². The number of aryl methyl sites for hydroxylation is 1. The van der Waals surface area contributed by atoms with Gasteiger partial charge < -0.3 is 9.84 Å². The Morgan fingerprint density at radius 1 is 0.906 bits per heavy atom. The van der Waals surface area contributed by atoms with Crippen molar-refractivity contribution in [1.82, 2.24) is 5.01 Å². The minimum atomic E-state index is -1.45. The molecule has 6 atom stereocenters. The van der Waals surface area contributed by atoms with E-state index in [0.29, 0.717) is 31.6 Å². The number of rotatable bonds is 7. The van der Waals surface area contributed by atoms with E-state index >= 15 is 4.79 Å². The number of halogens is 1. The Balaban J connectivity index is 1.32. The molecule has 3 fully saturated rings. The maximum absolute atomic E-state index is 15.3. The van der Waals surface area contributed by atoms with Gasteiger partial charge in [0, 0.05) is 11.5 Å². The Morgan fingerprint density at radius 2 is 1.60 bits per heavy atom. The number of nitrogens with zero attached hydrogens (tertiary/aromatic N) is 2. The van der Waals surface area contributed by atoms with Crippen LogP contribution in [-0.2, 0) is 24.6 Å². The van der Waals surface area contributed by atoms with Crippen LogP contribution in [0.4, 0.5) is 11.4 Å². The standard InChI is InChI=1S/C42H36IN3O7/c1-22-9-13-27(14-10-22)44-46-39(50)32-21-31-29(17-18-30-35(31)40(51)45(38(30)49)28-15-11-24(12-16-28)23(2)47)36(25-19-33(43)37(48)34(20-25)53-3)42(32,41(46)52)26-7-5-4-6-8-26/h4-17,19-20,30-32,35-36,44,48H,18,21H2,1-3H3. The number of Topliss-reactive ketones (excluding diaryl/α,β-unsaturated/α-hetero) is 1. The van der Waals surface area contributed by atoms with Crippen molar-refractivity contribution in [3.63, 3.8) is 0 Å². The van der Waals surface area contributed by atoms with E-state index in [4.69, 9.17) is 4.74 Å². The zero-order valence-corrected chi connectivity index (χ0v) is 31.4. The quantitative estimate of drug-likeness (QED) is 0.0911. The maximum atomic E-state index is 15.3. The van der Waals surface area contributed by atoms with Crippen LogP contribution in [-0.4, -0.2) is 46.6 Å². The Kier molecular flexibility index (Phi) is 8.51. The van der Waals surface area contributed by atoms with E-state index in [0.717, 1.165) is 16.1 Å². The average Bonchev–Trinajstić information content (AvgIpc) is 3.54. The lowest BCUT2D eigenvalue weighted by Gasteiger charge is -2.50. The van der Waals surface area contributed by atoms with Crippen molar-refractivity contribution in [3.05, 3.63) is 128 Å². The fraction of sp³-hybridized carbons (Fsp3) is 0.262. The molecule has 10 nitrogen and oxygen atoms in total. The molecule has 2 saturated heterocycles. The lowest BCUT2D eigenvalue weighted by Crippen LogP contribution is -2.53. The second-order valence-corrected chi connectivity index (χ2v) is 15.4. The molecule has 0 bridgehead atoms. The van der Waals surface area contributed by atoms with Gasteiger partial charge in [0.2, 0.25) is 11.8 Å². The molecule has 0 radical (unpaired) electrons. The van der Waals surface area contributed by atoms with Crippen molar-refractivity contribution in [1.29, 1.82) is 0 Å². The number of fused-ring (bicyclic) bond motifs is 4. The molecule has 1 saturated carbocycles. The topological polar surface area (TPSA) is 133 Å². The van der Waals surface area contributed by atoms with Crippen LogP contribution >= 0.6 is 22.6 Å². The van der Waals surface area contributed by atoms with E-state index in [1.54, 1.807) is 36.4 Å². The van der Waals surface area contributed by atoms with Crippen molar-refractivity contribution in [2.75, 3.05) is 17.4 Å². The molecule has 0 aromatic heterocycles. The first-order valence-electron chi connectivity index (χ1n) is 17.5. The molecule has 4 amide bonds. The van der Waals surface area contributed by atoms with Crippen molar-refractivity contribution in [2.45, 2.75) is 38.0 Å². The van der Waals surface area contributed by atoms with Gasteiger partial charge in [0.25, 0.3) is 11.8 Å². The summed E-state index contributed by atoms with van der Waals surface area (Å²) in [7, 11) is 1.46. The molecule has 2 aliphatic heterocycles. The van der Waals surface area contributed by atoms with Crippen LogP contribution in [0.25, 0.3) is 0 Å². The summed E-state index contributed by atoms with van der Waals surface area (Å²) in [6.45, 7) is 3.40. The lowest BCUT2D eigenvalue weighted by molar-refractivity contribution is -0.138. The number of hydrogen-bond donors (Lipinski definition) is 2. The Bertz CT molecular complexity index is 2240. The average molecular weight is 822 g/mol. The number of methoxy groups -OCH3 is 1. The Labute approximate surface area is 319 Å². The number of benzene rings is 4. The largest absolute Gasteiger partial charge is 0.504 e. The van der Waals surface area contributed by atoms with Gasteiger partial charge in [-0.1, -0.05) is 59.7 Å². The molecule has 2 heterocycles. The number of carbonyl (C=O) groups is 5. The van der Waals surface area contributed by atoms with Crippen LogP contribution in [0.15, 0.2) is 103 Å². The third-order valence-corrected chi connectivity index (χ3v) is 12.4. The molecule has 53 heavy (non-hydrogen) atoms. The number of phenolic OH excluding ortho intramolecular Hbond substituents is 1. The second kappa shape index (κ2) is 13.0. The maximum Gasteiger partial charge on any atom is 0.260 e. The molecule has 4 aromatic rings. The van der Waals surface area contributed by atoms with Gasteiger partial charge in [-0.25, -0.2) is 0 Å². The molecule has 8 rings (SSSR count). The van der Waals surface area contributed by atoms with Gasteiger partial charge in [0.15, 0.2) is 17.3 Å². The van der Waals surface area contributed by atoms with Gasteiger partial charge in [-0.2, -0.15) is 5.01 Å². The molecular weight excluding hydrogens is 785 g/mol. The number of imide groups is 2. The Hall–Kier alpha value is -5.30. The molecular formula is C42H36IN3O7. The van der Waals surface area contributed by atoms with Gasteiger partial charge in [-0.15, -0.1) is 0 Å². The number of allylic oxidation sites excluding steroid dienone is 2. The fourth-order valence-corrected chi connectivity index (χ4v) is 9.76. The number of ether oxygens (including phenoxy) is 1. The van der Waals surface area contributed by atoms with Crippen LogP contribution in [0.2, 0.25) is 0 Å². The first kappa shape index (κ1) is 34.8. The highest BCUT2D eigenvalue weighted by molar-refractivity contribution is 14.1. The number of nitrogens with one attached hydrogen (secondary N) is 1. The fourth-order valence-electron chi connectivity index (χ4n) is 9.14. The highest BCUT2D eigenvalue weighted by Crippen LogP contribution is 2.64. The van der Waals surface area contributed by atoms with Gasteiger partial charge in [0.05, 0.1) is 45.2 Å². The first-order valence-corrected chi connectivity index (χ1v) is 18.6. The van der Waals surface area contributed by atoms with Crippen LogP contribution in [0.3, 0.4) is 0 Å². The molecule has 2 aliphatic carbocycles. The van der Waals surface area contributed by atoms with E-state index in [1.807, 2.05) is 90.2 Å². The summed E-state index contributed by atoms with van der Waals surface area (Å²) in [5, 5.41) is 12.0. The third kappa shape index (κ3) is 5.22. The van der Waals surface area contributed by atoms with E-state index in [2.05, 4.69) is 5.43 Å². The number of amides is 4. The van der Waals surface area contributed by atoms with E-state index in [1.165, 1.54) is 18.9 Å². The summed E-state index contributed by atoms with van der Waals surface area (Å²) < 4.78 is 6.10. The highest BCUT2D eigenvalue weighted by atomic mass is 127. The second-order valence-electron chi connectivity index (χ2n) is 14.3. The van der Waals surface area contributed by atoms with Gasteiger partial charge >= 0.3 is 0 Å². The summed E-state index contributed by atoms with van der Waals surface area (Å²) >= 11 is 2.03. The highest BCUT2D eigenvalue weighted by Gasteiger charge is 2.70. The smallest absolute Gasteiger partial charge is 0.260 e. The lowest BCUT2D eigenvalue weighted by atomic mass is 9.49. The SMILES string of the molecule is COc1cc(C2C3=CCC4C(=O)N(c5ccc(C(C)=O)cc5)C(=O)C4C3CC3C(=O)N(Nc4ccc(C)cc4)C(=O)C32c2ccccc2)cc(I)c1O. The molecule has 4 aliphatic rings. The van der Waals surface area contributed by atoms with E-state index in [9.17, 15) is 24.3 Å². The minimum absolute atomic E-state index is 0.0494. The van der Waals surface area contributed by atoms with Crippen molar-refractivity contribution in [2.24, 2.45) is 23.7 Å².